The maximum Gasteiger partial charge on any atom is 0.0594 e. The Morgan fingerprint density at radius 2 is 1.67 bits per heavy atom. The summed E-state index contributed by atoms with van der Waals surface area (Å²) in [5.41, 5.74) is 0. The van der Waals surface area contributed by atoms with Crippen molar-refractivity contribution < 1.29 is 4.74 Å². The Bertz CT molecular complexity index is 194. The predicted molar refractivity (Wildman–Crippen MR) is 59.9 cm³/mol. The van der Waals surface area contributed by atoms with Crippen LogP contribution in [0.25, 0.3) is 0 Å². The van der Waals surface area contributed by atoms with Gasteiger partial charge in [-0.1, -0.05) is 6.42 Å². The van der Waals surface area contributed by atoms with Crippen LogP contribution >= 0.6 is 0 Å². The van der Waals surface area contributed by atoms with Gasteiger partial charge in [-0.3, -0.25) is 4.90 Å². The molecule has 0 aromatic rings. The second kappa shape index (κ2) is 4.40. The quantitative estimate of drug-likeness (QED) is 0.690. The van der Waals surface area contributed by atoms with E-state index in [1.54, 1.807) is 0 Å². The molecule has 3 aliphatic rings. The summed E-state index contributed by atoms with van der Waals surface area (Å²) in [5, 5.41) is 3.60. The van der Waals surface area contributed by atoms with Crippen molar-refractivity contribution in [3.63, 3.8) is 0 Å². The van der Waals surface area contributed by atoms with Crippen molar-refractivity contribution in [3.05, 3.63) is 0 Å². The van der Waals surface area contributed by atoms with Crippen molar-refractivity contribution in [3.8, 4) is 0 Å². The minimum Gasteiger partial charge on any atom is -0.379 e. The highest BCUT2D eigenvalue weighted by Gasteiger charge is 2.39. The van der Waals surface area contributed by atoms with E-state index in [0.717, 1.165) is 44.2 Å². The van der Waals surface area contributed by atoms with Crippen molar-refractivity contribution in [2.45, 2.75) is 25.3 Å². The molecule has 3 heteroatoms. The van der Waals surface area contributed by atoms with E-state index < -0.39 is 0 Å². The number of hydrogen-bond donors (Lipinski definition) is 1. The largest absolute Gasteiger partial charge is 0.379 e. The van der Waals surface area contributed by atoms with Crippen LogP contribution in [0.15, 0.2) is 0 Å². The van der Waals surface area contributed by atoms with E-state index in [2.05, 4.69) is 10.2 Å². The number of nitrogens with one attached hydrogen (secondary N) is 1. The molecule has 0 spiro atoms. The molecule has 0 aromatic heterocycles. The molecule has 1 N–H and O–H groups in total. The molecule has 3 nitrogen and oxygen atoms in total. The number of rotatable bonds is 1. The maximum absolute atomic E-state index is 5.46. The van der Waals surface area contributed by atoms with Gasteiger partial charge < -0.3 is 10.1 Å². The Morgan fingerprint density at radius 1 is 1.00 bits per heavy atom. The van der Waals surface area contributed by atoms with Crippen LogP contribution in [0.1, 0.15) is 19.3 Å². The van der Waals surface area contributed by atoms with Crippen LogP contribution in [0.3, 0.4) is 0 Å². The number of nitrogens with zero attached hydrogens (tertiary/aromatic N) is 1. The lowest BCUT2D eigenvalue weighted by atomic mass is 9.73. The molecule has 2 saturated heterocycles. The number of fused-ring (bicyclic) bond motifs is 2. The van der Waals surface area contributed by atoms with Gasteiger partial charge in [-0.2, -0.15) is 0 Å². The van der Waals surface area contributed by atoms with Crippen LogP contribution < -0.4 is 5.32 Å². The maximum atomic E-state index is 5.46. The molecule has 0 radical (unpaired) electrons. The molecule has 0 aromatic carbocycles. The van der Waals surface area contributed by atoms with E-state index in [0.29, 0.717) is 0 Å². The third-order valence-electron chi connectivity index (χ3n) is 4.40. The normalized spacial score (nSPS) is 42.8. The third kappa shape index (κ3) is 1.93. The minimum atomic E-state index is 0.865. The molecule has 86 valence electrons. The fourth-order valence-electron chi connectivity index (χ4n) is 3.74. The first-order valence-corrected chi connectivity index (χ1v) is 6.47. The molecule has 3 fully saturated rings. The van der Waals surface area contributed by atoms with Gasteiger partial charge in [-0.05, 0) is 37.8 Å². The van der Waals surface area contributed by atoms with Crippen LogP contribution in [0, 0.1) is 11.8 Å². The van der Waals surface area contributed by atoms with Gasteiger partial charge in [0, 0.05) is 19.1 Å². The van der Waals surface area contributed by atoms with E-state index in [1.165, 1.54) is 32.4 Å². The van der Waals surface area contributed by atoms with E-state index in [9.17, 15) is 0 Å². The summed E-state index contributed by atoms with van der Waals surface area (Å²) >= 11 is 0. The summed E-state index contributed by atoms with van der Waals surface area (Å²) in [6, 6.07) is 0.865. The third-order valence-corrected chi connectivity index (χ3v) is 4.40. The lowest BCUT2D eigenvalue weighted by Gasteiger charge is -2.49. The van der Waals surface area contributed by atoms with Gasteiger partial charge in [0.25, 0.3) is 0 Å². The molecule has 1 aliphatic carbocycles. The summed E-state index contributed by atoms with van der Waals surface area (Å²) in [4.78, 5) is 2.71. The molecule has 2 heterocycles. The molecule has 3 rings (SSSR count). The Labute approximate surface area is 92.2 Å². The fraction of sp³-hybridized carbons (Fsp3) is 1.00. The average molecular weight is 210 g/mol. The van der Waals surface area contributed by atoms with E-state index in [-0.39, 0.29) is 0 Å². The van der Waals surface area contributed by atoms with Crippen LogP contribution in [0.4, 0.5) is 0 Å². The Morgan fingerprint density at radius 3 is 2.33 bits per heavy atom. The standard InChI is InChI=1S/C12H22N2O/c1-2-10-8-13-9-11(3-1)12(10)14-4-6-15-7-5-14/h10-13H,1-9H2/t10-,11-/m0/s1. The smallest absolute Gasteiger partial charge is 0.0594 e. The molecule has 2 aliphatic heterocycles. The highest BCUT2D eigenvalue weighted by atomic mass is 16.5. The fourth-order valence-corrected chi connectivity index (χ4v) is 3.74. The van der Waals surface area contributed by atoms with Gasteiger partial charge in [0.15, 0.2) is 0 Å². The zero-order valence-corrected chi connectivity index (χ0v) is 9.45. The number of morpholine rings is 1. The zero-order valence-electron chi connectivity index (χ0n) is 9.45. The second-order valence-electron chi connectivity index (χ2n) is 5.25. The van der Waals surface area contributed by atoms with Crippen molar-refractivity contribution >= 4 is 0 Å². The minimum absolute atomic E-state index is 0.865. The molecule has 15 heavy (non-hydrogen) atoms. The van der Waals surface area contributed by atoms with E-state index in [4.69, 9.17) is 4.74 Å². The number of piperidine rings is 1. The van der Waals surface area contributed by atoms with Crippen LogP contribution in [-0.2, 0) is 4.74 Å². The SMILES string of the molecule is C1C[C@H]2CNC[C@H](C1)C2N1CCOCC1. The lowest BCUT2D eigenvalue weighted by molar-refractivity contribution is -0.0361. The van der Waals surface area contributed by atoms with Gasteiger partial charge in [-0.15, -0.1) is 0 Å². The average Bonchev–Trinajstić information content (AvgIpc) is 2.29. The molecule has 0 unspecified atom stereocenters. The molecular formula is C12H22N2O. The summed E-state index contributed by atoms with van der Waals surface area (Å²) in [7, 11) is 0. The summed E-state index contributed by atoms with van der Waals surface area (Å²) in [6.07, 6.45) is 4.33. The second-order valence-corrected chi connectivity index (χ2v) is 5.25. The first kappa shape index (κ1) is 10.1. The van der Waals surface area contributed by atoms with Crippen LogP contribution in [0.2, 0.25) is 0 Å². The summed E-state index contributed by atoms with van der Waals surface area (Å²) in [6.45, 7) is 6.72. The van der Waals surface area contributed by atoms with Crippen molar-refractivity contribution in [1.82, 2.24) is 10.2 Å². The summed E-state index contributed by atoms with van der Waals surface area (Å²) in [5.74, 6) is 1.83. The molecular weight excluding hydrogens is 188 g/mol. The van der Waals surface area contributed by atoms with Gasteiger partial charge >= 0.3 is 0 Å². The summed E-state index contributed by atoms with van der Waals surface area (Å²) < 4.78 is 5.46. The van der Waals surface area contributed by atoms with Gasteiger partial charge in [0.05, 0.1) is 13.2 Å². The monoisotopic (exact) mass is 210 g/mol. The van der Waals surface area contributed by atoms with Crippen molar-refractivity contribution in [2.75, 3.05) is 39.4 Å². The highest BCUT2D eigenvalue weighted by Crippen LogP contribution is 2.35. The first-order chi connectivity index (χ1) is 7.45. The number of ether oxygens (including phenoxy) is 1. The topological polar surface area (TPSA) is 24.5 Å². The molecule has 0 amide bonds. The van der Waals surface area contributed by atoms with E-state index >= 15 is 0 Å². The van der Waals surface area contributed by atoms with E-state index in [1.807, 2.05) is 0 Å². The van der Waals surface area contributed by atoms with Crippen LogP contribution in [-0.4, -0.2) is 50.3 Å². The Balaban J connectivity index is 1.71. The molecule has 2 atom stereocenters. The highest BCUT2D eigenvalue weighted by molar-refractivity contribution is 4.95. The first-order valence-electron chi connectivity index (χ1n) is 6.47. The van der Waals surface area contributed by atoms with Crippen molar-refractivity contribution in [2.24, 2.45) is 11.8 Å². The van der Waals surface area contributed by atoms with Gasteiger partial charge in [0.1, 0.15) is 0 Å². The number of hydrogen-bond acceptors (Lipinski definition) is 3. The zero-order chi connectivity index (χ0) is 10.1. The van der Waals surface area contributed by atoms with Gasteiger partial charge in [0.2, 0.25) is 0 Å². The Kier molecular flexibility index (Phi) is 2.95. The van der Waals surface area contributed by atoms with Crippen LogP contribution in [0.5, 0.6) is 0 Å². The lowest BCUT2D eigenvalue weighted by Crippen LogP contribution is -2.59. The molecule has 1 saturated carbocycles. The van der Waals surface area contributed by atoms with Gasteiger partial charge in [-0.25, -0.2) is 0 Å². The predicted octanol–water partition coefficient (Wildman–Crippen LogP) is 0.707. The molecule has 2 bridgehead atoms. The van der Waals surface area contributed by atoms with Crippen molar-refractivity contribution in [1.29, 1.82) is 0 Å². The Hall–Kier alpha value is -0.120.